The van der Waals surface area contributed by atoms with E-state index in [4.69, 9.17) is 0 Å². The fourth-order valence-electron chi connectivity index (χ4n) is 2.53. The average Bonchev–Trinajstić information content (AvgIpc) is 2.81. The molecule has 0 aliphatic heterocycles. The summed E-state index contributed by atoms with van der Waals surface area (Å²) in [5, 5.41) is 7.38. The van der Waals surface area contributed by atoms with Crippen LogP contribution in [-0.4, -0.2) is 37.5 Å². The van der Waals surface area contributed by atoms with E-state index in [0.29, 0.717) is 17.5 Å². The highest BCUT2D eigenvalue weighted by Crippen LogP contribution is 2.20. The first-order valence-electron chi connectivity index (χ1n) is 6.89. The molecule has 2 rings (SSSR count). The molecule has 0 bridgehead atoms. The van der Waals surface area contributed by atoms with Crippen LogP contribution < -0.4 is 10.6 Å². The molecule has 0 saturated heterocycles. The maximum Gasteiger partial charge on any atom is 0.349 e. The van der Waals surface area contributed by atoms with Gasteiger partial charge >= 0.3 is 5.69 Å². The lowest BCUT2D eigenvalue weighted by Gasteiger charge is -2.31. The third kappa shape index (κ3) is 2.72. The van der Waals surface area contributed by atoms with E-state index in [2.05, 4.69) is 49.9 Å². The van der Waals surface area contributed by atoms with Crippen LogP contribution in [0, 0.1) is 6.92 Å². The van der Waals surface area contributed by atoms with Crippen molar-refractivity contribution in [2.45, 2.75) is 39.7 Å². The Balaban J connectivity index is 2.50. The largest absolute Gasteiger partial charge is 0.353 e. The van der Waals surface area contributed by atoms with Crippen molar-refractivity contribution in [2.75, 3.05) is 16.8 Å². The third-order valence-electron chi connectivity index (χ3n) is 3.56. The van der Waals surface area contributed by atoms with Crippen LogP contribution >= 0.6 is 15.9 Å². The van der Waals surface area contributed by atoms with Gasteiger partial charge in [-0.1, -0.05) is 29.8 Å². The number of fused-ring (bicyclic) bond motifs is 1. The molecule has 2 aromatic rings. The molecule has 0 spiro atoms. The number of nitrogens with one attached hydrogen (secondary N) is 1. The molecule has 0 saturated carbocycles. The van der Waals surface area contributed by atoms with Gasteiger partial charge in [-0.05, 0) is 19.8 Å². The summed E-state index contributed by atoms with van der Waals surface area (Å²) >= 11 is 3.50. The second-order valence-electron chi connectivity index (χ2n) is 4.74. The number of rotatable bonds is 6. The van der Waals surface area contributed by atoms with Gasteiger partial charge in [0.05, 0.1) is 0 Å². The average molecular weight is 342 g/mol. The van der Waals surface area contributed by atoms with Crippen molar-refractivity contribution >= 4 is 27.4 Å². The van der Waals surface area contributed by atoms with Crippen molar-refractivity contribution < 1.29 is 0 Å². The molecule has 2 heterocycles. The van der Waals surface area contributed by atoms with Gasteiger partial charge in [-0.2, -0.15) is 5.10 Å². The molecular formula is C13H20BrN5O. The number of alkyl halides is 1. The predicted molar refractivity (Wildman–Crippen MR) is 83.9 cm³/mol. The SMILES string of the molecule is CCC(CC)N(CCBr)c1cc2n[nH]c(=O)n2c(C)n1. The Kier molecular flexibility index (Phi) is 4.80. The number of hydrogen-bond acceptors (Lipinski definition) is 4. The van der Waals surface area contributed by atoms with Crippen LogP contribution in [0.15, 0.2) is 10.9 Å². The molecule has 0 amide bonds. The van der Waals surface area contributed by atoms with E-state index in [1.165, 1.54) is 4.40 Å². The van der Waals surface area contributed by atoms with Crippen molar-refractivity contribution in [3.05, 3.63) is 22.4 Å². The summed E-state index contributed by atoms with van der Waals surface area (Å²) in [6.45, 7) is 7.07. The molecule has 0 radical (unpaired) electrons. The molecule has 110 valence electrons. The molecular weight excluding hydrogens is 322 g/mol. The van der Waals surface area contributed by atoms with Gasteiger partial charge in [-0.25, -0.2) is 19.3 Å². The van der Waals surface area contributed by atoms with Gasteiger partial charge < -0.3 is 4.90 Å². The first-order chi connectivity index (χ1) is 9.62. The molecule has 6 nitrogen and oxygen atoms in total. The van der Waals surface area contributed by atoms with Crippen molar-refractivity contribution in [3.63, 3.8) is 0 Å². The fraction of sp³-hybridized carbons (Fsp3) is 0.615. The van der Waals surface area contributed by atoms with E-state index in [1.54, 1.807) is 0 Å². The van der Waals surface area contributed by atoms with Gasteiger partial charge in [-0.3, -0.25) is 0 Å². The Labute approximate surface area is 126 Å². The van der Waals surface area contributed by atoms with Crippen molar-refractivity contribution in [3.8, 4) is 0 Å². The topological polar surface area (TPSA) is 66.3 Å². The lowest BCUT2D eigenvalue weighted by Crippen LogP contribution is -2.37. The summed E-state index contributed by atoms with van der Waals surface area (Å²) < 4.78 is 1.49. The van der Waals surface area contributed by atoms with E-state index in [-0.39, 0.29) is 5.69 Å². The van der Waals surface area contributed by atoms with Crippen LogP contribution in [0.5, 0.6) is 0 Å². The second-order valence-corrected chi connectivity index (χ2v) is 5.53. The number of anilines is 1. The van der Waals surface area contributed by atoms with E-state index in [1.807, 2.05) is 13.0 Å². The van der Waals surface area contributed by atoms with E-state index in [9.17, 15) is 4.79 Å². The molecule has 0 aliphatic rings. The maximum atomic E-state index is 11.6. The number of halogens is 1. The van der Waals surface area contributed by atoms with E-state index < -0.39 is 0 Å². The number of aromatic nitrogens is 4. The van der Waals surface area contributed by atoms with Gasteiger partial charge in [0.2, 0.25) is 0 Å². The summed E-state index contributed by atoms with van der Waals surface area (Å²) in [5.74, 6) is 1.53. The van der Waals surface area contributed by atoms with Gasteiger partial charge in [0.15, 0.2) is 5.65 Å². The lowest BCUT2D eigenvalue weighted by atomic mass is 10.1. The number of aromatic amines is 1. The molecule has 0 aliphatic carbocycles. The third-order valence-corrected chi connectivity index (χ3v) is 3.91. The highest BCUT2D eigenvalue weighted by molar-refractivity contribution is 9.09. The molecule has 20 heavy (non-hydrogen) atoms. The summed E-state index contributed by atoms with van der Waals surface area (Å²) in [6, 6.07) is 2.30. The number of H-pyrrole nitrogens is 1. The smallest absolute Gasteiger partial charge is 0.349 e. The minimum absolute atomic E-state index is 0.244. The Bertz CT molecular complexity index is 631. The fourth-order valence-corrected chi connectivity index (χ4v) is 2.92. The van der Waals surface area contributed by atoms with Crippen molar-refractivity contribution in [1.29, 1.82) is 0 Å². The molecule has 0 unspecified atom stereocenters. The first-order valence-corrected chi connectivity index (χ1v) is 8.01. The minimum atomic E-state index is -0.244. The number of hydrogen-bond donors (Lipinski definition) is 1. The van der Waals surface area contributed by atoms with Gasteiger partial charge in [0.1, 0.15) is 11.6 Å². The quantitative estimate of drug-likeness (QED) is 0.817. The maximum absolute atomic E-state index is 11.6. The van der Waals surface area contributed by atoms with Crippen LogP contribution in [-0.2, 0) is 0 Å². The number of aryl methyl sites for hydroxylation is 1. The van der Waals surface area contributed by atoms with Crippen LogP contribution in [0.2, 0.25) is 0 Å². The molecule has 0 aromatic carbocycles. The van der Waals surface area contributed by atoms with Gasteiger partial charge in [-0.15, -0.1) is 0 Å². The van der Waals surface area contributed by atoms with Crippen LogP contribution in [0.1, 0.15) is 32.5 Å². The minimum Gasteiger partial charge on any atom is -0.353 e. The molecule has 2 aromatic heterocycles. The zero-order chi connectivity index (χ0) is 14.7. The second kappa shape index (κ2) is 6.39. The van der Waals surface area contributed by atoms with Crippen LogP contribution in [0.3, 0.4) is 0 Å². The molecule has 0 fully saturated rings. The zero-order valence-electron chi connectivity index (χ0n) is 12.1. The van der Waals surface area contributed by atoms with E-state index >= 15 is 0 Å². The first kappa shape index (κ1) is 15.0. The lowest BCUT2D eigenvalue weighted by molar-refractivity contribution is 0.562. The molecule has 0 atom stereocenters. The summed E-state index contributed by atoms with van der Waals surface area (Å²) in [6.07, 6.45) is 2.12. The molecule has 7 heteroatoms. The van der Waals surface area contributed by atoms with Crippen molar-refractivity contribution in [2.24, 2.45) is 0 Å². The molecule has 1 N–H and O–H groups in total. The van der Waals surface area contributed by atoms with Gasteiger partial charge in [0, 0.05) is 24.0 Å². The van der Waals surface area contributed by atoms with Crippen LogP contribution in [0.4, 0.5) is 5.82 Å². The normalized spacial score (nSPS) is 11.4. The van der Waals surface area contributed by atoms with Gasteiger partial charge in [0.25, 0.3) is 0 Å². The van der Waals surface area contributed by atoms with Crippen LogP contribution in [0.25, 0.3) is 5.65 Å². The monoisotopic (exact) mass is 341 g/mol. The highest BCUT2D eigenvalue weighted by Gasteiger charge is 2.18. The zero-order valence-corrected chi connectivity index (χ0v) is 13.6. The summed E-state index contributed by atoms with van der Waals surface area (Å²) in [5.41, 5.74) is 0.370. The van der Waals surface area contributed by atoms with Crippen molar-refractivity contribution in [1.82, 2.24) is 19.6 Å². The Morgan fingerprint density at radius 1 is 1.45 bits per heavy atom. The Morgan fingerprint density at radius 3 is 2.75 bits per heavy atom. The summed E-state index contributed by atoms with van der Waals surface area (Å²) in [7, 11) is 0. The predicted octanol–water partition coefficient (Wildman–Crippen LogP) is 2.12. The number of nitrogens with zero attached hydrogens (tertiary/aromatic N) is 4. The summed E-state index contributed by atoms with van der Waals surface area (Å²) in [4.78, 5) is 18.5. The standard InChI is InChI=1S/C13H20BrN5O/c1-4-10(5-2)18(7-6-14)11-8-12-16-17-13(20)19(12)9(3)15-11/h8,10H,4-7H2,1-3H3,(H,17,20). The highest BCUT2D eigenvalue weighted by atomic mass is 79.9. The van der Waals surface area contributed by atoms with E-state index in [0.717, 1.165) is 30.5 Å². The Hall–Kier alpha value is -1.37. The Morgan fingerprint density at radius 2 is 2.15 bits per heavy atom.